The topological polar surface area (TPSA) is 95.9 Å². The number of esters is 1. The van der Waals surface area contributed by atoms with Gasteiger partial charge in [0.1, 0.15) is 0 Å². The van der Waals surface area contributed by atoms with Gasteiger partial charge in [-0.15, -0.1) is 0 Å². The lowest BCUT2D eigenvalue weighted by molar-refractivity contribution is -0.143. The average Bonchev–Trinajstić information content (AvgIpc) is 3.62. The van der Waals surface area contributed by atoms with E-state index in [1.807, 2.05) is 6.08 Å². The third kappa shape index (κ3) is 77.3. The zero-order valence-corrected chi connectivity index (χ0v) is 62.8. The summed E-state index contributed by atoms with van der Waals surface area (Å²) in [5.41, 5.74) is 0. The van der Waals surface area contributed by atoms with Gasteiger partial charge in [-0.3, -0.25) is 9.59 Å². The largest absolute Gasteiger partial charge is 0.466 e. The van der Waals surface area contributed by atoms with Gasteiger partial charge in [-0.1, -0.05) is 443 Å². The number of ether oxygens (including phenoxy) is 1. The van der Waals surface area contributed by atoms with Crippen molar-refractivity contribution in [2.75, 3.05) is 13.2 Å². The van der Waals surface area contributed by atoms with Gasteiger partial charge in [0.15, 0.2) is 0 Å². The lowest BCUT2D eigenvalue weighted by Crippen LogP contribution is -2.45. The van der Waals surface area contributed by atoms with Crippen LogP contribution in [0.2, 0.25) is 0 Å². The Bertz CT molecular complexity index is 1450. The molecule has 6 nitrogen and oxygen atoms in total. The van der Waals surface area contributed by atoms with Crippen molar-refractivity contribution in [3.05, 3.63) is 24.3 Å². The maximum absolute atomic E-state index is 12.6. The second kappa shape index (κ2) is 81.8. The molecule has 1 amide bonds. The Morgan fingerprint density at radius 3 is 0.772 bits per heavy atom. The van der Waals surface area contributed by atoms with E-state index in [1.165, 1.54) is 424 Å². The van der Waals surface area contributed by atoms with E-state index in [0.29, 0.717) is 19.4 Å². The highest BCUT2D eigenvalue weighted by Crippen LogP contribution is 2.21. The fourth-order valence-corrected chi connectivity index (χ4v) is 13.8. The van der Waals surface area contributed by atoms with Crippen molar-refractivity contribution >= 4 is 11.9 Å². The SMILES string of the molecule is CCCCCCCCCCCCCCCCCCCCCCC/C=C/C(O)C(CO)NC(=O)CCCCCCCCCCCCCCCCCCC/C=C\CCCCCCCCCCCCCCCCCCCCOC(=O)CCCCCCCCCCCCCCC. The molecule has 0 rings (SSSR count). The van der Waals surface area contributed by atoms with E-state index in [0.717, 1.165) is 38.5 Å². The number of unbranched alkanes of at least 4 members (excludes halogenated alkanes) is 68. The van der Waals surface area contributed by atoms with Gasteiger partial charge in [0, 0.05) is 12.8 Å². The van der Waals surface area contributed by atoms with Crippen LogP contribution in [0, 0.1) is 0 Å². The zero-order chi connectivity index (χ0) is 66.3. The lowest BCUT2D eigenvalue weighted by atomic mass is 10.0. The highest BCUT2D eigenvalue weighted by Gasteiger charge is 2.18. The van der Waals surface area contributed by atoms with Gasteiger partial charge in [-0.25, -0.2) is 0 Å². The first kappa shape index (κ1) is 90.3. The fourth-order valence-electron chi connectivity index (χ4n) is 13.8. The summed E-state index contributed by atoms with van der Waals surface area (Å²) in [7, 11) is 0. The molecule has 0 bridgehead atoms. The molecule has 0 aromatic heterocycles. The smallest absolute Gasteiger partial charge is 0.305 e. The Labute approximate surface area is 577 Å². The minimum Gasteiger partial charge on any atom is -0.466 e. The number of amides is 1. The van der Waals surface area contributed by atoms with Gasteiger partial charge in [0.25, 0.3) is 0 Å². The van der Waals surface area contributed by atoms with Crippen LogP contribution < -0.4 is 5.32 Å². The van der Waals surface area contributed by atoms with Gasteiger partial charge in [-0.2, -0.15) is 0 Å². The van der Waals surface area contributed by atoms with Gasteiger partial charge >= 0.3 is 5.97 Å². The summed E-state index contributed by atoms with van der Waals surface area (Å²) in [6, 6.07) is -0.626. The number of aliphatic hydroxyl groups excluding tert-OH is 2. The summed E-state index contributed by atoms with van der Waals surface area (Å²) in [5, 5.41) is 23.3. The predicted octanol–water partition coefficient (Wildman–Crippen LogP) is 28.4. The standard InChI is InChI=1S/C86H167NO5/c1-3-5-7-9-11-13-15-17-18-19-20-21-39-42-45-48-51-55-58-62-66-70-74-78-84(89)83(82-88)87-85(90)79-75-71-67-63-59-56-52-49-46-43-40-37-35-33-31-29-27-25-23-22-24-26-28-30-32-34-36-38-41-44-47-50-53-57-61-65-69-73-77-81-92-86(91)80-76-72-68-64-60-54-16-14-12-10-8-6-4-2/h22-23,74,78,83-84,88-89H,3-21,24-73,75-77,79-82H2,1-2H3,(H,87,90)/b23-22-,78-74+. The summed E-state index contributed by atoms with van der Waals surface area (Å²) in [4.78, 5) is 24.6. The van der Waals surface area contributed by atoms with Crippen LogP contribution in [-0.4, -0.2) is 47.4 Å². The van der Waals surface area contributed by atoms with E-state index in [1.54, 1.807) is 6.08 Å². The molecule has 2 unspecified atom stereocenters. The Hall–Kier alpha value is -1.66. The molecule has 92 heavy (non-hydrogen) atoms. The van der Waals surface area contributed by atoms with Crippen LogP contribution in [0.5, 0.6) is 0 Å². The van der Waals surface area contributed by atoms with Crippen molar-refractivity contribution in [1.82, 2.24) is 5.32 Å². The van der Waals surface area contributed by atoms with E-state index in [2.05, 4.69) is 31.3 Å². The Morgan fingerprint density at radius 2 is 0.511 bits per heavy atom. The van der Waals surface area contributed by atoms with Crippen molar-refractivity contribution in [1.29, 1.82) is 0 Å². The molecule has 546 valence electrons. The highest BCUT2D eigenvalue weighted by molar-refractivity contribution is 5.76. The minimum absolute atomic E-state index is 0.0249. The summed E-state index contributed by atoms with van der Waals surface area (Å²) < 4.78 is 5.50. The first-order chi connectivity index (χ1) is 45.5. The molecule has 0 aliphatic carbocycles. The molecule has 0 aromatic carbocycles. The number of allylic oxidation sites excluding steroid dienone is 3. The number of hydrogen-bond donors (Lipinski definition) is 3. The molecule has 0 aliphatic heterocycles. The van der Waals surface area contributed by atoms with Crippen LogP contribution in [0.25, 0.3) is 0 Å². The second-order valence-corrected chi connectivity index (χ2v) is 29.5. The molecule has 0 aromatic rings. The van der Waals surface area contributed by atoms with Gasteiger partial charge in [0.05, 0.1) is 25.4 Å². The van der Waals surface area contributed by atoms with Crippen molar-refractivity contribution < 1.29 is 24.5 Å². The zero-order valence-electron chi connectivity index (χ0n) is 62.8. The number of nitrogens with one attached hydrogen (secondary N) is 1. The van der Waals surface area contributed by atoms with Crippen LogP contribution in [0.15, 0.2) is 24.3 Å². The molecule has 0 radical (unpaired) electrons. The van der Waals surface area contributed by atoms with Gasteiger partial charge < -0.3 is 20.3 Å². The molecule has 3 N–H and O–H groups in total. The first-order valence-corrected chi connectivity index (χ1v) is 42.6. The first-order valence-electron chi connectivity index (χ1n) is 42.6. The van der Waals surface area contributed by atoms with Gasteiger partial charge in [0.2, 0.25) is 5.91 Å². The van der Waals surface area contributed by atoms with Crippen LogP contribution >= 0.6 is 0 Å². The molecule has 0 saturated heterocycles. The van der Waals surface area contributed by atoms with Crippen LogP contribution in [0.1, 0.15) is 489 Å². The van der Waals surface area contributed by atoms with E-state index < -0.39 is 12.1 Å². The minimum atomic E-state index is -0.843. The molecular weight excluding hydrogens is 1130 g/mol. The third-order valence-electron chi connectivity index (χ3n) is 20.2. The van der Waals surface area contributed by atoms with E-state index in [-0.39, 0.29) is 18.5 Å². The molecule has 2 atom stereocenters. The van der Waals surface area contributed by atoms with Crippen molar-refractivity contribution in [3.8, 4) is 0 Å². The molecular formula is C86H167NO5. The Kier molecular flexibility index (Phi) is 80.3. The molecule has 0 saturated carbocycles. The van der Waals surface area contributed by atoms with E-state index in [9.17, 15) is 19.8 Å². The highest BCUT2D eigenvalue weighted by atomic mass is 16.5. The maximum atomic E-state index is 12.6. The Balaban J connectivity index is 3.34. The number of carbonyl (C=O) groups excluding carboxylic acids is 2. The number of carbonyl (C=O) groups is 2. The van der Waals surface area contributed by atoms with E-state index in [4.69, 9.17) is 4.74 Å². The summed E-state index contributed by atoms with van der Waals surface area (Å²) in [6.45, 7) is 4.97. The predicted molar refractivity (Wildman–Crippen MR) is 407 cm³/mol. The number of aliphatic hydroxyl groups is 2. The van der Waals surface area contributed by atoms with Crippen LogP contribution in [-0.2, 0) is 14.3 Å². The van der Waals surface area contributed by atoms with Crippen LogP contribution in [0.4, 0.5) is 0 Å². The second-order valence-electron chi connectivity index (χ2n) is 29.5. The average molecular weight is 1300 g/mol. The molecule has 6 heteroatoms. The number of rotatable bonds is 81. The van der Waals surface area contributed by atoms with Gasteiger partial charge in [-0.05, 0) is 57.8 Å². The van der Waals surface area contributed by atoms with Crippen molar-refractivity contribution in [3.63, 3.8) is 0 Å². The number of hydrogen-bond acceptors (Lipinski definition) is 5. The summed E-state index contributed by atoms with van der Waals surface area (Å²) >= 11 is 0. The van der Waals surface area contributed by atoms with Crippen LogP contribution in [0.3, 0.4) is 0 Å². The van der Waals surface area contributed by atoms with Crippen molar-refractivity contribution in [2.24, 2.45) is 0 Å². The lowest BCUT2D eigenvalue weighted by Gasteiger charge is -2.20. The molecule has 0 spiro atoms. The monoisotopic (exact) mass is 1290 g/mol. The normalized spacial score (nSPS) is 12.5. The quantitative estimate of drug-likeness (QED) is 0.0320. The van der Waals surface area contributed by atoms with E-state index >= 15 is 0 Å². The molecule has 0 aliphatic rings. The molecule has 0 heterocycles. The van der Waals surface area contributed by atoms with Crippen molar-refractivity contribution in [2.45, 2.75) is 501 Å². The Morgan fingerprint density at radius 1 is 0.293 bits per heavy atom. The summed E-state index contributed by atoms with van der Waals surface area (Å²) in [6.07, 6.45) is 106. The fraction of sp³-hybridized carbons (Fsp3) is 0.930. The maximum Gasteiger partial charge on any atom is 0.305 e. The molecule has 0 fully saturated rings. The summed E-state index contributed by atoms with van der Waals surface area (Å²) in [5.74, 6) is -0.0332. The third-order valence-corrected chi connectivity index (χ3v) is 20.2.